The lowest BCUT2D eigenvalue weighted by molar-refractivity contribution is -0.144. The number of carbonyl (C=O) groups excluding carboxylic acids is 4. The van der Waals surface area contributed by atoms with Gasteiger partial charge in [0.05, 0.1) is 30.6 Å². The van der Waals surface area contributed by atoms with Crippen molar-refractivity contribution in [3.05, 3.63) is 59.9 Å². The van der Waals surface area contributed by atoms with E-state index in [1.807, 2.05) is 36.4 Å². The van der Waals surface area contributed by atoms with Crippen LogP contribution in [0.4, 0.5) is 0 Å². The first kappa shape index (κ1) is 37.8. The van der Waals surface area contributed by atoms with E-state index >= 15 is 0 Å². The average molecular weight is 733 g/mol. The average Bonchev–Trinajstić information content (AvgIpc) is 3.83. The number of esters is 1. The summed E-state index contributed by atoms with van der Waals surface area (Å²) in [6.45, 7) is 3.39. The standard InChI is InChI=1S/C39H52N6O6S/c1-38(2,50)32-23-40-43-45(32)29-22-31(35(47)42-39(18-10-5-11-19-39)33(52)37(49)51-3)44(24-29)36(48)30(20-25-12-6-4-7-13-25)41-34(46)28-17-16-26-14-8-9-15-27(26)21-28/h8-9,14-17,21,23,25,29-31,33,50,52H,4-7,10-13,18-20,22,24H2,1-3H3,(H,41,46)(H,42,47)/t29-,30+,31-,33?/m0/s1. The molecule has 2 aliphatic carbocycles. The fraction of sp³-hybridized carbons (Fsp3) is 0.590. The summed E-state index contributed by atoms with van der Waals surface area (Å²) in [6, 6.07) is 11.0. The SMILES string of the molecule is COC(=O)C(S)C1(NC(=O)[C@@H]2C[C@H](n3nncc3C(C)(C)O)CN2C(=O)[C@@H](CC2CCCCC2)NC(=O)c2ccc3ccccc3c2)CCCCC1. The number of carbonyl (C=O) groups is 4. The number of thiol groups is 1. The Balaban J connectivity index is 1.33. The molecule has 52 heavy (non-hydrogen) atoms. The zero-order chi connectivity index (χ0) is 37.0. The summed E-state index contributed by atoms with van der Waals surface area (Å²) >= 11 is 4.66. The zero-order valence-electron chi connectivity index (χ0n) is 30.4. The second-order valence-corrected chi connectivity index (χ2v) is 16.0. The van der Waals surface area contributed by atoms with E-state index < -0.39 is 46.4 Å². The predicted molar refractivity (Wildman–Crippen MR) is 200 cm³/mol. The molecule has 280 valence electrons. The molecule has 1 aromatic heterocycles. The number of nitrogens with one attached hydrogen (secondary N) is 2. The van der Waals surface area contributed by atoms with Crippen molar-refractivity contribution in [1.82, 2.24) is 30.5 Å². The van der Waals surface area contributed by atoms with Crippen molar-refractivity contribution in [3.8, 4) is 0 Å². The fourth-order valence-electron chi connectivity index (χ4n) is 8.50. The minimum Gasteiger partial charge on any atom is -0.468 e. The maximum absolute atomic E-state index is 14.9. The van der Waals surface area contributed by atoms with Gasteiger partial charge in [0.1, 0.15) is 22.9 Å². The van der Waals surface area contributed by atoms with Crippen molar-refractivity contribution in [3.63, 3.8) is 0 Å². The number of hydrogen-bond donors (Lipinski definition) is 4. The molecule has 1 saturated heterocycles. The minimum absolute atomic E-state index is 0.116. The van der Waals surface area contributed by atoms with E-state index in [0.29, 0.717) is 30.5 Å². The minimum atomic E-state index is -1.28. The second kappa shape index (κ2) is 16.0. The number of amides is 3. The van der Waals surface area contributed by atoms with E-state index in [9.17, 15) is 24.3 Å². The summed E-state index contributed by atoms with van der Waals surface area (Å²) in [7, 11) is 1.31. The van der Waals surface area contributed by atoms with Crippen molar-refractivity contribution >= 4 is 47.1 Å². The first-order valence-electron chi connectivity index (χ1n) is 18.7. The third-order valence-electron chi connectivity index (χ3n) is 11.4. The van der Waals surface area contributed by atoms with Gasteiger partial charge in [0.15, 0.2) is 0 Å². The smallest absolute Gasteiger partial charge is 0.320 e. The Morgan fingerprint density at radius 2 is 1.71 bits per heavy atom. The van der Waals surface area contributed by atoms with Crippen LogP contribution in [0.3, 0.4) is 0 Å². The molecule has 2 aromatic carbocycles. The maximum Gasteiger partial charge on any atom is 0.320 e. The maximum atomic E-state index is 14.9. The van der Waals surface area contributed by atoms with E-state index in [4.69, 9.17) is 4.74 Å². The van der Waals surface area contributed by atoms with Gasteiger partial charge < -0.3 is 25.4 Å². The molecule has 6 rings (SSSR count). The molecule has 2 saturated carbocycles. The van der Waals surface area contributed by atoms with Gasteiger partial charge in [-0.2, -0.15) is 12.6 Å². The molecule has 0 radical (unpaired) electrons. The zero-order valence-corrected chi connectivity index (χ0v) is 31.3. The third-order valence-corrected chi connectivity index (χ3v) is 12.1. The van der Waals surface area contributed by atoms with Crippen molar-refractivity contribution in [2.24, 2.45) is 5.92 Å². The lowest BCUT2D eigenvalue weighted by Gasteiger charge is -2.42. The largest absolute Gasteiger partial charge is 0.468 e. The van der Waals surface area contributed by atoms with Gasteiger partial charge >= 0.3 is 5.97 Å². The molecule has 4 atom stereocenters. The Bertz CT molecular complexity index is 1760. The summed E-state index contributed by atoms with van der Waals surface area (Å²) in [4.78, 5) is 57.7. The lowest BCUT2D eigenvalue weighted by atomic mass is 9.78. The highest BCUT2D eigenvalue weighted by Crippen LogP contribution is 2.37. The molecule has 3 aromatic rings. The summed E-state index contributed by atoms with van der Waals surface area (Å²) in [5, 5.41) is 26.6. The topological polar surface area (TPSA) is 156 Å². The molecule has 2 heterocycles. The summed E-state index contributed by atoms with van der Waals surface area (Å²) < 4.78 is 6.66. The Morgan fingerprint density at radius 3 is 2.40 bits per heavy atom. The van der Waals surface area contributed by atoms with Crippen LogP contribution >= 0.6 is 12.6 Å². The van der Waals surface area contributed by atoms with Crippen LogP contribution in [0.15, 0.2) is 48.7 Å². The third kappa shape index (κ3) is 8.15. The van der Waals surface area contributed by atoms with Crippen LogP contribution in [-0.2, 0) is 24.7 Å². The van der Waals surface area contributed by atoms with E-state index in [1.165, 1.54) is 13.3 Å². The number of fused-ring (bicyclic) bond motifs is 1. The number of likely N-dealkylation sites (tertiary alicyclic amines) is 1. The molecule has 1 aliphatic heterocycles. The molecule has 0 spiro atoms. The highest BCUT2D eigenvalue weighted by molar-refractivity contribution is 7.81. The van der Waals surface area contributed by atoms with Gasteiger partial charge in [0, 0.05) is 18.5 Å². The number of benzene rings is 2. The van der Waals surface area contributed by atoms with Crippen LogP contribution in [0.2, 0.25) is 0 Å². The van der Waals surface area contributed by atoms with E-state index in [0.717, 1.165) is 62.1 Å². The van der Waals surface area contributed by atoms with Crippen LogP contribution in [0, 0.1) is 5.92 Å². The summed E-state index contributed by atoms with van der Waals surface area (Å²) in [5.74, 6) is -1.38. The van der Waals surface area contributed by atoms with Crippen molar-refractivity contribution in [2.75, 3.05) is 13.7 Å². The first-order chi connectivity index (χ1) is 24.9. The number of rotatable bonds is 11. The Labute approximate surface area is 310 Å². The molecule has 13 heteroatoms. The molecule has 3 N–H and O–H groups in total. The molecule has 1 unspecified atom stereocenters. The van der Waals surface area contributed by atoms with Crippen molar-refractivity contribution in [2.45, 2.75) is 125 Å². The number of methoxy groups -OCH3 is 1. The quantitative estimate of drug-likeness (QED) is 0.161. The van der Waals surface area contributed by atoms with Gasteiger partial charge in [-0.15, -0.1) is 5.10 Å². The van der Waals surface area contributed by atoms with Crippen LogP contribution in [0.5, 0.6) is 0 Å². The van der Waals surface area contributed by atoms with Crippen molar-refractivity contribution < 1.29 is 29.0 Å². The van der Waals surface area contributed by atoms with Crippen LogP contribution < -0.4 is 10.6 Å². The second-order valence-electron chi connectivity index (χ2n) is 15.5. The highest BCUT2D eigenvalue weighted by Gasteiger charge is 2.49. The van der Waals surface area contributed by atoms with Gasteiger partial charge in [-0.05, 0) is 61.9 Å². The van der Waals surface area contributed by atoms with E-state index in [2.05, 4.69) is 33.6 Å². The molecular formula is C39H52N6O6S. The van der Waals surface area contributed by atoms with Gasteiger partial charge in [-0.3, -0.25) is 19.2 Å². The number of nitrogens with zero attached hydrogens (tertiary/aromatic N) is 4. The lowest BCUT2D eigenvalue weighted by Crippen LogP contribution is -2.62. The normalized spacial score (nSPS) is 22.1. The van der Waals surface area contributed by atoms with Gasteiger partial charge in [0.2, 0.25) is 11.8 Å². The van der Waals surface area contributed by atoms with E-state index in [1.54, 1.807) is 29.5 Å². The van der Waals surface area contributed by atoms with Crippen LogP contribution in [0.25, 0.3) is 10.8 Å². The Hall–Kier alpha value is -3.97. The predicted octanol–water partition coefficient (Wildman–Crippen LogP) is 4.86. The highest BCUT2D eigenvalue weighted by atomic mass is 32.1. The molecule has 3 fully saturated rings. The molecular weight excluding hydrogens is 681 g/mol. The van der Waals surface area contributed by atoms with Gasteiger partial charge in [-0.1, -0.05) is 86.9 Å². The van der Waals surface area contributed by atoms with Crippen molar-refractivity contribution in [1.29, 1.82) is 0 Å². The summed E-state index contributed by atoms with van der Waals surface area (Å²) in [6.07, 6.45) is 11.1. The first-order valence-corrected chi connectivity index (χ1v) is 19.2. The fourth-order valence-corrected chi connectivity index (χ4v) is 8.93. The number of hydrogen-bond acceptors (Lipinski definition) is 9. The van der Waals surface area contributed by atoms with Gasteiger partial charge in [0.25, 0.3) is 5.91 Å². The molecule has 3 amide bonds. The molecule has 3 aliphatic rings. The Kier molecular flexibility index (Phi) is 11.6. The van der Waals surface area contributed by atoms with Gasteiger partial charge in [-0.25, -0.2) is 4.68 Å². The molecule has 12 nitrogen and oxygen atoms in total. The van der Waals surface area contributed by atoms with Crippen LogP contribution in [0.1, 0.15) is 113 Å². The van der Waals surface area contributed by atoms with Crippen LogP contribution in [-0.4, -0.2) is 85.2 Å². The molecule has 0 bridgehead atoms. The summed E-state index contributed by atoms with van der Waals surface area (Å²) in [5.41, 5.74) is -1.32. The monoisotopic (exact) mass is 732 g/mol. The Morgan fingerprint density at radius 1 is 1.02 bits per heavy atom. The number of aromatic nitrogens is 3. The van der Waals surface area contributed by atoms with E-state index in [-0.39, 0.29) is 30.7 Å². The number of aliphatic hydroxyl groups is 1. The number of ether oxygens (including phenoxy) is 1.